The maximum Gasteiger partial charge on any atom is 0.389 e. The molecule has 118 valence electrons. The van der Waals surface area contributed by atoms with Gasteiger partial charge >= 0.3 is 6.18 Å². The third-order valence-corrected chi connectivity index (χ3v) is 3.52. The van der Waals surface area contributed by atoms with Crippen molar-refractivity contribution < 1.29 is 26.4 Å². The number of amides is 1. The number of carbonyl (C=O) groups excluding carboxylic acids is 1. The lowest BCUT2D eigenvalue weighted by Crippen LogP contribution is -2.31. The van der Waals surface area contributed by atoms with Crippen molar-refractivity contribution in [1.82, 2.24) is 4.72 Å². The molecule has 0 fully saturated rings. The Balaban J connectivity index is 4.01. The molecular weight excluding hydrogens is 295 g/mol. The van der Waals surface area contributed by atoms with E-state index >= 15 is 0 Å². The van der Waals surface area contributed by atoms with Crippen LogP contribution in [-0.2, 0) is 14.8 Å². The standard InChI is InChI=1S/C12H20F3NO3S/c1-2-3-5-8-11(17)16-20(18,19)10-7-4-6-9-12(13,14)15/h4,7H,2-3,5-6,8-10H2,1H3,(H,16,17). The summed E-state index contributed by atoms with van der Waals surface area (Å²) in [7, 11) is -3.80. The van der Waals surface area contributed by atoms with Gasteiger partial charge in [0.2, 0.25) is 15.9 Å². The SMILES string of the molecule is CCCCCC(=O)NS(=O)(=O)CC=CCCC(F)(F)F. The van der Waals surface area contributed by atoms with Crippen molar-refractivity contribution >= 4 is 15.9 Å². The van der Waals surface area contributed by atoms with E-state index in [0.717, 1.165) is 25.0 Å². The molecule has 20 heavy (non-hydrogen) atoms. The second-order valence-corrected chi connectivity index (χ2v) is 6.16. The van der Waals surface area contributed by atoms with Gasteiger partial charge in [-0.05, 0) is 12.8 Å². The molecule has 0 aliphatic rings. The average molecular weight is 315 g/mol. The van der Waals surface area contributed by atoms with Gasteiger partial charge in [-0.25, -0.2) is 8.42 Å². The summed E-state index contributed by atoms with van der Waals surface area (Å²) in [6.07, 6.45) is -0.758. The molecule has 4 nitrogen and oxygen atoms in total. The zero-order chi connectivity index (χ0) is 15.6. The van der Waals surface area contributed by atoms with Gasteiger partial charge < -0.3 is 0 Å². The summed E-state index contributed by atoms with van der Waals surface area (Å²) >= 11 is 0. The highest BCUT2D eigenvalue weighted by Crippen LogP contribution is 2.21. The van der Waals surface area contributed by atoms with Crippen molar-refractivity contribution in [2.75, 3.05) is 5.75 Å². The van der Waals surface area contributed by atoms with Crippen molar-refractivity contribution in [3.8, 4) is 0 Å². The highest BCUT2D eigenvalue weighted by Gasteiger charge is 2.25. The Hall–Kier alpha value is -1.05. The molecule has 0 atom stereocenters. The van der Waals surface area contributed by atoms with E-state index in [9.17, 15) is 26.4 Å². The number of nitrogens with one attached hydrogen (secondary N) is 1. The third kappa shape index (κ3) is 12.0. The molecule has 0 saturated carbocycles. The van der Waals surface area contributed by atoms with E-state index < -0.39 is 34.3 Å². The smallest absolute Gasteiger partial charge is 0.274 e. The van der Waals surface area contributed by atoms with Gasteiger partial charge in [0, 0.05) is 12.8 Å². The molecule has 0 aromatic heterocycles. The van der Waals surface area contributed by atoms with Gasteiger partial charge in [0.1, 0.15) is 0 Å². The van der Waals surface area contributed by atoms with Gasteiger partial charge in [-0.15, -0.1) is 0 Å². The molecule has 8 heteroatoms. The van der Waals surface area contributed by atoms with Gasteiger partial charge in [0.25, 0.3) is 0 Å². The molecule has 0 aliphatic carbocycles. The Kier molecular flexibility index (Phi) is 8.52. The molecule has 0 bridgehead atoms. The van der Waals surface area contributed by atoms with Gasteiger partial charge in [0.05, 0.1) is 5.75 Å². The van der Waals surface area contributed by atoms with Crippen LogP contribution in [0.1, 0.15) is 45.4 Å². The first kappa shape index (κ1) is 18.9. The number of alkyl halides is 3. The van der Waals surface area contributed by atoms with E-state index in [2.05, 4.69) is 0 Å². The summed E-state index contributed by atoms with van der Waals surface area (Å²) in [5.74, 6) is -1.08. The zero-order valence-corrected chi connectivity index (χ0v) is 12.2. The zero-order valence-electron chi connectivity index (χ0n) is 11.4. The van der Waals surface area contributed by atoms with Crippen LogP contribution in [0.4, 0.5) is 13.2 Å². The van der Waals surface area contributed by atoms with E-state index in [0.29, 0.717) is 6.42 Å². The molecule has 0 aromatic carbocycles. The van der Waals surface area contributed by atoms with Crippen LogP contribution in [0.3, 0.4) is 0 Å². The van der Waals surface area contributed by atoms with Gasteiger partial charge in [-0.1, -0.05) is 31.9 Å². The lowest BCUT2D eigenvalue weighted by molar-refractivity contribution is -0.133. The summed E-state index contributed by atoms with van der Waals surface area (Å²) in [6, 6.07) is 0. The summed E-state index contributed by atoms with van der Waals surface area (Å²) in [4.78, 5) is 11.3. The number of carbonyl (C=O) groups is 1. The van der Waals surface area contributed by atoms with E-state index in [4.69, 9.17) is 0 Å². The molecule has 0 heterocycles. The largest absolute Gasteiger partial charge is 0.389 e. The first-order valence-corrected chi connectivity index (χ1v) is 8.06. The Bertz CT molecular complexity index is 416. The van der Waals surface area contributed by atoms with Crippen molar-refractivity contribution in [1.29, 1.82) is 0 Å². The second-order valence-electron chi connectivity index (χ2n) is 4.39. The summed E-state index contributed by atoms with van der Waals surface area (Å²) in [6.45, 7) is 1.96. The lowest BCUT2D eigenvalue weighted by atomic mass is 10.2. The highest BCUT2D eigenvalue weighted by molar-refractivity contribution is 7.90. The monoisotopic (exact) mass is 315 g/mol. The second kappa shape index (κ2) is 8.99. The van der Waals surface area contributed by atoms with Crippen LogP contribution in [0.25, 0.3) is 0 Å². The van der Waals surface area contributed by atoms with Crippen LogP contribution in [0, 0.1) is 0 Å². The predicted molar refractivity (Wildman–Crippen MR) is 70.5 cm³/mol. The first-order chi connectivity index (χ1) is 9.16. The Morgan fingerprint density at radius 2 is 1.85 bits per heavy atom. The molecular formula is C12H20F3NO3S. The topological polar surface area (TPSA) is 63.2 Å². The van der Waals surface area contributed by atoms with E-state index in [1.165, 1.54) is 0 Å². The minimum absolute atomic E-state index is 0.130. The van der Waals surface area contributed by atoms with Crippen molar-refractivity contribution in [3.63, 3.8) is 0 Å². The fourth-order valence-corrected chi connectivity index (χ4v) is 2.28. The fourth-order valence-electron chi connectivity index (χ4n) is 1.36. The molecule has 1 N–H and O–H groups in total. The van der Waals surface area contributed by atoms with Crippen LogP contribution in [0.5, 0.6) is 0 Å². The number of hydrogen-bond acceptors (Lipinski definition) is 3. The molecule has 0 saturated heterocycles. The first-order valence-electron chi connectivity index (χ1n) is 6.41. The molecule has 0 aliphatic heterocycles. The third-order valence-electron chi connectivity index (χ3n) is 2.35. The average Bonchev–Trinajstić information content (AvgIpc) is 2.26. The van der Waals surface area contributed by atoms with Crippen LogP contribution in [0.15, 0.2) is 12.2 Å². The van der Waals surface area contributed by atoms with Gasteiger partial charge in [0.15, 0.2) is 0 Å². The minimum Gasteiger partial charge on any atom is -0.274 e. The number of rotatable bonds is 9. The quantitative estimate of drug-likeness (QED) is 0.525. The number of hydrogen-bond donors (Lipinski definition) is 1. The molecule has 0 unspecified atom stereocenters. The maximum atomic E-state index is 11.8. The molecule has 0 rings (SSSR count). The molecule has 0 radical (unpaired) electrons. The van der Waals surface area contributed by atoms with Crippen molar-refractivity contribution in [2.24, 2.45) is 0 Å². The maximum absolute atomic E-state index is 11.8. The Morgan fingerprint density at radius 3 is 2.40 bits per heavy atom. The lowest BCUT2D eigenvalue weighted by Gasteiger charge is -2.04. The minimum atomic E-state index is -4.25. The van der Waals surface area contributed by atoms with Crippen molar-refractivity contribution in [2.45, 2.75) is 51.6 Å². The fraction of sp³-hybridized carbons (Fsp3) is 0.750. The van der Waals surface area contributed by atoms with Crippen LogP contribution >= 0.6 is 0 Å². The van der Waals surface area contributed by atoms with E-state index in [1.54, 1.807) is 0 Å². The van der Waals surface area contributed by atoms with Crippen LogP contribution in [0.2, 0.25) is 0 Å². The van der Waals surface area contributed by atoms with E-state index in [1.807, 2.05) is 11.6 Å². The molecule has 0 spiro atoms. The Labute approximate surface area is 117 Å². The van der Waals surface area contributed by atoms with Gasteiger partial charge in [-0.3, -0.25) is 9.52 Å². The number of allylic oxidation sites excluding steroid dienone is 1. The molecule has 0 aromatic rings. The Morgan fingerprint density at radius 1 is 1.20 bits per heavy atom. The van der Waals surface area contributed by atoms with E-state index in [-0.39, 0.29) is 12.8 Å². The van der Waals surface area contributed by atoms with Gasteiger partial charge in [-0.2, -0.15) is 13.2 Å². The predicted octanol–water partition coefficient (Wildman–Crippen LogP) is 2.91. The molecule has 1 amide bonds. The highest BCUT2D eigenvalue weighted by atomic mass is 32.2. The summed E-state index contributed by atoms with van der Waals surface area (Å²) in [5.41, 5.74) is 0. The number of halogens is 3. The normalized spacial score (nSPS) is 12.8. The van der Waals surface area contributed by atoms with Crippen LogP contribution < -0.4 is 4.72 Å². The summed E-state index contributed by atoms with van der Waals surface area (Å²) in [5, 5.41) is 0. The van der Waals surface area contributed by atoms with Crippen molar-refractivity contribution in [3.05, 3.63) is 12.2 Å². The summed E-state index contributed by atoms with van der Waals surface area (Å²) < 4.78 is 60.2. The van der Waals surface area contributed by atoms with Crippen LogP contribution in [-0.4, -0.2) is 26.3 Å². The number of unbranched alkanes of at least 4 members (excludes halogenated alkanes) is 2. The number of sulfonamides is 1.